The molecule has 1 aromatic rings. The van der Waals surface area contributed by atoms with E-state index in [0.29, 0.717) is 11.7 Å². The predicted molar refractivity (Wildman–Crippen MR) is 58.1 cm³/mol. The van der Waals surface area contributed by atoms with Crippen LogP contribution in [0.2, 0.25) is 5.15 Å². The van der Waals surface area contributed by atoms with Gasteiger partial charge in [-0.25, -0.2) is 4.98 Å². The zero-order valence-corrected chi connectivity index (χ0v) is 9.38. The molecule has 15 heavy (non-hydrogen) atoms. The van der Waals surface area contributed by atoms with E-state index in [1.54, 1.807) is 18.3 Å². The first kappa shape index (κ1) is 13.4. The van der Waals surface area contributed by atoms with E-state index in [2.05, 4.69) is 10.3 Å². The first-order chi connectivity index (χ1) is 7.10. The van der Waals surface area contributed by atoms with Gasteiger partial charge in [-0.1, -0.05) is 17.7 Å². The molecular formula is C10H12ClN3O. The average Bonchev–Trinajstić information content (AvgIpc) is 2.18. The summed E-state index contributed by atoms with van der Waals surface area (Å²) in [5.41, 5.74) is 0.939. The van der Waals surface area contributed by atoms with Crippen molar-refractivity contribution < 1.29 is 4.79 Å². The van der Waals surface area contributed by atoms with Crippen molar-refractivity contribution in [1.82, 2.24) is 10.3 Å². The van der Waals surface area contributed by atoms with Crippen LogP contribution in [0.3, 0.4) is 0 Å². The molecule has 80 valence electrons. The maximum Gasteiger partial charge on any atom is 0.217 e. The molecule has 4 nitrogen and oxygen atoms in total. The molecule has 0 bridgehead atoms. The molecule has 0 aliphatic rings. The summed E-state index contributed by atoms with van der Waals surface area (Å²) in [6.45, 7) is 3.41. The lowest BCUT2D eigenvalue weighted by Crippen LogP contribution is -2.18. The summed E-state index contributed by atoms with van der Waals surface area (Å²) in [4.78, 5) is 14.4. The normalized spacial score (nSPS) is 8.13. The minimum atomic E-state index is -0.0510. The molecule has 0 atom stereocenters. The first-order valence-corrected chi connectivity index (χ1v) is 4.63. The number of nitriles is 1. The summed E-state index contributed by atoms with van der Waals surface area (Å²) in [6, 6.07) is 5.27. The minimum Gasteiger partial charge on any atom is -0.352 e. The molecule has 0 aliphatic carbocycles. The van der Waals surface area contributed by atoms with E-state index < -0.39 is 0 Å². The Morgan fingerprint density at radius 2 is 2.27 bits per heavy atom. The topological polar surface area (TPSA) is 65.8 Å². The molecule has 1 amide bonds. The fraction of sp³-hybridized carbons (Fsp3) is 0.300. The van der Waals surface area contributed by atoms with Gasteiger partial charge < -0.3 is 5.32 Å². The fourth-order valence-corrected chi connectivity index (χ4v) is 0.849. The van der Waals surface area contributed by atoms with E-state index in [1.165, 1.54) is 13.8 Å². The summed E-state index contributed by atoms with van der Waals surface area (Å²) in [6.07, 6.45) is 1.64. The second kappa shape index (κ2) is 7.77. The summed E-state index contributed by atoms with van der Waals surface area (Å²) in [5.74, 6) is -0.0510. The number of pyridine rings is 1. The molecule has 0 aliphatic heterocycles. The van der Waals surface area contributed by atoms with Crippen LogP contribution >= 0.6 is 11.6 Å². The number of rotatable bonds is 2. The van der Waals surface area contributed by atoms with Gasteiger partial charge in [-0.15, -0.1) is 0 Å². The van der Waals surface area contributed by atoms with Crippen molar-refractivity contribution in [2.75, 3.05) is 0 Å². The number of aromatic nitrogens is 1. The molecule has 1 N–H and O–H groups in total. The molecule has 0 aromatic carbocycles. The van der Waals surface area contributed by atoms with Gasteiger partial charge in [-0.05, 0) is 11.6 Å². The number of amides is 1. The third-order valence-corrected chi connectivity index (χ3v) is 1.55. The molecule has 5 heteroatoms. The molecule has 0 fully saturated rings. The monoisotopic (exact) mass is 225 g/mol. The molecular weight excluding hydrogens is 214 g/mol. The summed E-state index contributed by atoms with van der Waals surface area (Å²) >= 11 is 5.58. The molecule has 0 radical (unpaired) electrons. The number of nitrogens with one attached hydrogen (secondary N) is 1. The van der Waals surface area contributed by atoms with Gasteiger partial charge in [-0.3, -0.25) is 4.79 Å². The highest BCUT2D eigenvalue weighted by molar-refractivity contribution is 6.29. The van der Waals surface area contributed by atoms with Gasteiger partial charge in [0.05, 0.1) is 6.07 Å². The lowest BCUT2D eigenvalue weighted by molar-refractivity contribution is -0.119. The fourth-order valence-electron chi connectivity index (χ4n) is 0.738. The second-order valence-corrected chi connectivity index (χ2v) is 3.01. The third kappa shape index (κ3) is 7.47. The van der Waals surface area contributed by atoms with Crippen molar-refractivity contribution in [2.24, 2.45) is 0 Å². The van der Waals surface area contributed by atoms with Gasteiger partial charge in [0.1, 0.15) is 5.15 Å². The van der Waals surface area contributed by atoms with Crippen molar-refractivity contribution in [3.8, 4) is 6.07 Å². The van der Waals surface area contributed by atoms with Crippen molar-refractivity contribution in [2.45, 2.75) is 20.4 Å². The maximum absolute atomic E-state index is 10.5. The van der Waals surface area contributed by atoms with Crippen molar-refractivity contribution >= 4 is 17.5 Å². The van der Waals surface area contributed by atoms with Gasteiger partial charge in [0.15, 0.2) is 0 Å². The van der Waals surface area contributed by atoms with Gasteiger partial charge in [0.25, 0.3) is 0 Å². The Morgan fingerprint density at radius 3 is 2.67 bits per heavy atom. The second-order valence-electron chi connectivity index (χ2n) is 2.62. The Labute approximate surface area is 93.9 Å². The van der Waals surface area contributed by atoms with E-state index in [-0.39, 0.29) is 5.91 Å². The summed E-state index contributed by atoms with van der Waals surface area (Å²) < 4.78 is 0. The number of carbonyl (C=O) groups excluding carboxylic acids is 1. The molecule has 1 rings (SSSR count). The quantitative estimate of drug-likeness (QED) is 0.782. The van der Waals surface area contributed by atoms with Crippen LogP contribution < -0.4 is 5.32 Å². The number of hydrogen-bond acceptors (Lipinski definition) is 3. The van der Waals surface area contributed by atoms with Crippen molar-refractivity contribution in [3.63, 3.8) is 0 Å². The van der Waals surface area contributed by atoms with Crippen LogP contribution in [0.4, 0.5) is 0 Å². The third-order valence-electron chi connectivity index (χ3n) is 1.33. The van der Waals surface area contributed by atoms with Gasteiger partial charge in [0, 0.05) is 26.6 Å². The van der Waals surface area contributed by atoms with Gasteiger partial charge in [0.2, 0.25) is 5.91 Å². The lowest BCUT2D eigenvalue weighted by atomic mass is 10.3. The van der Waals surface area contributed by atoms with E-state index in [9.17, 15) is 4.79 Å². The van der Waals surface area contributed by atoms with Gasteiger partial charge >= 0.3 is 0 Å². The van der Waals surface area contributed by atoms with E-state index in [1.807, 2.05) is 6.07 Å². The average molecular weight is 226 g/mol. The molecule has 1 heterocycles. The SMILES string of the molecule is CC#N.CC(=O)NCc1ccc(Cl)nc1. The minimum absolute atomic E-state index is 0.0510. The molecule has 0 saturated heterocycles. The Kier molecular flexibility index (Phi) is 6.94. The Balaban J connectivity index is 0.000000583. The van der Waals surface area contributed by atoms with Crippen LogP contribution in [0.5, 0.6) is 0 Å². The molecule has 0 unspecified atom stereocenters. The Bertz CT molecular complexity index is 343. The number of carbonyl (C=O) groups is 1. The van der Waals surface area contributed by atoms with Crippen LogP contribution in [-0.2, 0) is 11.3 Å². The molecule has 1 aromatic heterocycles. The molecule has 0 saturated carbocycles. The van der Waals surface area contributed by atoms with Crippen LogP contribution in [0.1, 0.15) is 19.4 Å². The van der Waals surface area contributed by atoms with E-state index in [4.69, 9.17) is 16.9 Å². The number of halogens is 1. The van der Waals surface area contributed by atoms with Crippen molar-refractivity contribution in [1.29, 1.82) is 5.26 Å². The van der Waals surface area contributed by atoms with E-state index >= 15 is 0 Å². The van der Waals surface area contributed by atoms with Crippen LogP contribution in [-0.4, -0.2) is 10.9 Å². The lowest BCUT2D eigenvalue weighted by Gasteiger charge is -2.00. The van der Waals surface area contributed by atoms with Crippen LogP contribution in [0, 0.1) is 11.3 Å². The van der Waals surface area contributed by atoms with Gasteiger partial charge in [-0.2, -0.15) is 5.26 Å². The summed E-state index contributed by atoms with van der Waals surface area (Å²) in [7, 11) is 0. The maximum atomic E-state index is 10.5. The predicted octanol–water partition coefficient (Wildman–Crippen LogP) is 1.90. The standard InChI is InChI=1S/C8H9ClN2O.C2H3N/c1-6(12)10-4-7-2-3-8(9)11-5-7;1-2-3/h2-3,5H,4H2,1H3,(H,10,12);1H3. The highest BCUT2D eigenvalue weighted by Crippen LogP contribution is 2.04. The van der Waals surface area contributed by atoms with Crippen molar-refractivity contribution in [3.05, 3.63) is 29.0 Å². The first-order valence-electron chi connectivity index (χ1n) is 4.25. The number of nitrogens with zero attached hydrogens (tertiary/aromatic N) is 2. The van der Waals surface area contributed by atoms with Crippen LogP contribution in [0.15, 0.2) is 18.3 Å². The largest absolute Gasteiger partial charge is 0.352 e. The van der Waals surface area contributed by atoms with E-state index in [0.717, 1.165) is 5.56 Å². The summed E-state index contributed by atoms with van der Waals surface area (Å²) in [5, 5.41) is 10.4. The zero-order valence-electron chi connectivity index (χ0n) is 8.62. The number of hydrogen-bond donors (Lipinski definition) is 1. The zero-order chi connectivity index (χ0) is 11.7. The highest BCUT2D eigenvalue weighted by Gasteiger charge is 1.94. The Morgan fingerprint density at radius 1 is 1.67 bits per heavy atom. The molecule has 0 spiro atoms. The highest BCUT2D eigenvalue weighted by atomic mass is 35.5. The smallest absolute Gasteiger partial charge is 0.217 e. The van der Waals surface area contributed by atoms with Crippen LogP contribution in [0.25, 0.3) is 0 Å². The Hall–Kier alpha value is -1.60.